The average Bonchev–Trinajstić information content (AvgIpc) is 3.30. The zero-order valence-electron chi connectivity index (χ0n) is 13.1. The Labute approximate surface area is 148 Å². The van der Waals surface area contributed by atoms with Gasteiger partial charge in [0.2, 0.25) is 6.43 Å². The lowest BCUT2D eigenvalue weighted by atomic mass is 9.81. The van der Waals surface area contributed by atoms with E-state index in [9.17, 15) is 13.6 Å². The van der Waals surface area contributed by atoms with Crippen LogP contribution in [0, 0.1) is 0 Å². The van der Waals surface area contributed by atoms with Gasteiger partial charge in [-0.1, -0.05) is 58.4 Å². The van der Waals surface area contributed by atoms with Crippen molar-refractivity contribution in [1.82, 2.24) is 0 Å². The zero-order chi connectivity index (χ0) is 17.4. The highest BCUT2D eigenvalue weighted by Crippen LogP contribution is 2.68. The molecule has 2 nitrogen and oxygen atoms in total. The Kier molecular flexibility index (Phi) is 4.47. The van der Waals surface area contributed by atoms with Gasteiger partial charge in [0, 0.05) is 4.47 Å². The second-order valence-corrected chi connectivity index (χ2v) is 6.86. The number of ether oxygens (including phenoxy) is 1. The van der Waals surface area contributed by atoms with E-state index in [1.165, 1.54) is 0 Å². The molecule has 0 spiro atoms. The van der Waals surface area contributed by atoms with Crippen LogP contribution in [-0.2, 0) is 20.4 Å². The van der Waals surface area contributed by atoms with Crippen LogP contribution in [0.25, 0.3) is 0 Å². The molecule has 1 fully saturated rings. The van der Waals surface area contributed by atoms with E-state index in [1.54, 1.807) is 61.5 Å². The molecule has 126 valence electrons. The van der Waals surface area contributed by atoms with Gasteiger partial charge < -0.3 is 4.74 Å². The molecule has 3 rings (SSSR count). The fraction of sp³-hybridized carbons (Fsp3) is 0.316. The van der Waals surface area contributed by atoms with Gasteiger partial charge in [-0.25, -0.2) is 8.78 Å². The molecule has 0 bridgehead atoms. The van der Waals surface area contributed by atoms with E-state index in [0.717, 1.165) is 4.47 Å². The number of rotatable bonds is 5. The second-order valence-electron chi connectivity index (χ2n) is 5.95. The molecule has 0 amide bonds. The van der Waals surface area contributed by atoms with Crippen LogP contribution in [0.5, 0.6) is 0 Å². The number of carbonyl (C=O) groups excluding carboxylic acids is 1. The van der Waals surface area contributed by atoms with Crippen LogP contribution in [0.2, 0.25) is 0 Å². The quantitative estimate of drug-likeness (QED) is 0.677. The number of halogens is 3. The van der Waals surface area contributed by atoms with Crippen LogP contribution in [0.15, 0.2) is 59.1 Å². The first-order valence-corrected chi connectivity index (χ1v) is 8.55. The monoisotopic (exact) mass is 394 g/mol. The summed E-state index contributed by atoms with van der Waals surface area (Å²) in [7, 11) is 0. The lowest BCUT2D eigenvalue weighted by Crippen LogP contribution is -2.36. The fourth-order valence-electron chi connectivity index (χ4n) is 3.57. The largest absolute Gasteiger partial charge is 0.465 e. The van der Waals surface area contributed by atoms with E-state index in [1.807, 2.05) is 0 Å². The number of hydrogen-bond donors (Lipinski definition) is 0. The summed E-state index contributed by atoms with van der Waals surface area (Å²) in [6.07, 6.45) is -2.63. The number of hydrogen-bond acceptors (Lipinski definition) is 2. The van der Waals surface area contributed by atoms with E-state index in [-0.39, 0.29) is 13.0 Å². The van der Waals surface area contributed by atoms with Gasteiger partial charge in [-0.15, -0.1) is 0 Å². The molecular formula is C19H17BrF2O2. The lowest BCUT2D eigenvalue weighted by Gasteiger charge is -2.25. The molecule has 0 aromatic heterocycles. The van der Waals surface area contributed by atoms with Crippen LogP contribution in [0.3, 0.4) is 0 Å². The van der Waals surface area contributed by atoms with Crippen molar-refractivity contribution in [3.8, 4) is 0 Å². The molecule has 1 aliphatic carbocycles. The molecule has 1 saturated carbocycles. The number of carbonyl (C=O) groups is 1. The van der Waals surface area contributed by atoms with E-state index in [2.05, 4.69) is 15.9 Å². The first kappa shape index (κ1) is 17.1. The normalized spacial score (nSPS) is 25.5. The van der Waals surface area contributed by atoms with Crippen molar-refractivity contribution in [1.29, 1.82) is 0 Å². The predicted octanol–water partition coefficient (Wildman–Crippen LogP) is 4.86. The van der Waals surface area contributed by atoms with E-state index >= 15 is 0 Å². The van der Waals surface area contributed by atoms with Crippen molar-refractivity contribution < 1.29 is 18.3 Å². The minimum Gasteiger partial charge on any atom is -0.465 e. The Balaban J connectivity index is 2.17. The minimum atomic E-state index is -2.67. The van der Waals surface area contributed by atoms with Crippen molar-refractivity contribution >= 4 is 21.9 Å². The van der Waals surface area contributed by atoms with Gasteiger partial charge in [0.05, 0.1) is 12.0 Å². The molecule has 0 aliphatic heterocycles. The first-order valence-electron chi connectivity index (χ1n) is 7.76. The fourth-order valence-corrected chi connectivity index (χ4v) is 3.83. The Morgan fingerprint density at radius 3 is 2.29 bits per heavy atom. The SMILES string of the molecule is CCOC(=O)[C@]1(c2ccc(Br)cc2)C[C@]1(c1ccccc1)C(F)F. The maximum absolute atomic E-state index is 14.2. The maximum Gasteiger partial charge on any atom is 0.317 e. The van der Waals surface area contributed by atoms with Crippen LogP contribution < -0.4 is 0 Å². The van der Waals surface area contributed by atoms with E-state index in [0.29, 0.717) is 11.1 Å². The summed E-state index contributed by atoms with van der Waals surface area (Å²) in [6, 6.07) is 15.5. The lowest BCUT2D eigenvalue weighted by molar-refractivity contribution is -0.147. The highest BCUT2D eigenvalue weighted by Gasteiger charge is 2.78. The molecule has 0 unspecified atom stereocenters. The third-order valence-electron chi connectivity index (χ3n) is 4.80. The highest BCUT2D eigenvalue weighted by molar-refractivity contribution is 9.10. The molecule has 2 atom stereocenters. The Morgan fingerprint density at radius 2 is 1.75 bits per heavy atom. The summed E-state index contributed by atoms with van der Waals surface area (Å²) >= 11 is 3.34. The summed E-state index contributed by atoms with van der Waals surface area (Å²) in [6.45, 7) is 1.84. The smallest absolute Gasteiger partial charge is 0.317 e. The number of benzene rings is 2. The summed E-state index contributed by atoms with van der Waals surface area (Å²) in [5.74, 6) is -0.587. The molecule has 2 aromatic rings. The second kappa shape index (κ2) is 6.28. The minimum absolute atomic E-state index is 0.0438. The topological polar surface area (TPSA) is 26.3 Å². The Bertz CT molecular complexity index is 733. The molecule has 0 saturated heterocycles. The van der Waals surface area contributed by atoms with Gasteiger partial charge in [-0.2, -0.15) is 0 Å². The molecule has 2 aromatic carbocycles. The third-order valence-corrected chi connectivity index (χ3v) is 5.33. The summed E-state index contributed by atoms with van der Waals surface area (Å²) < 4.78 is 34.4. The molecule has 24 heavy (non-hydrogen) atoms. The summed E-state index contributed by atoms with van der Waals surface area (Å²) in [5, 5.41) is 0. The Morgan fingerprint density at radius 1 is 1.12 bits per heavy atom. The van der Waals surface area contributed by atoms with E-state index < -0.39 is 23.2 Å². The number of esters is 1. The van der Waals surface area contributed by atoms with Crippen molar-refractivity contribution in [2.75, 3.05) is 6.61 Å². The number of alkyl halides is 2. The molecular weight excluding hydrogens is 378 g/mol. The maximum atomic E-state index is 14.2. The zero-order valence-corrected chi connectivity index (χ0v) is 14.7. The van der Waals surface area contributed by atoms with Gasteiger partial charge in [0.15, 0.2) is 0 Å². The van der Waals surface area contributed by atoms with Gasteiger partial charge in [-0.3, -0.25) is 4.79 Å². The van der Waals surface area contributed by atoms with Gasteiger partial charge in [0.1, 0.15) is 5.41 Å². The molecule has 5 heteroatoms. The van der Waals surface area contributed by atoms with E-state index in [4.69, 9.17) is 4.74 Å². The van der Waals surface area contributed by atoms with Gasteiger partial charge in [0.25, 0.3) is 0 Å². The molecule has 0 radical (unpaired) electrons. The highest BCUT2D eigenvalue weighted by atomic mass is 79.9. The van der Waals surface area contributed by atoms with Crippen LogP contribution in [0.1, 0.15) is 24.5 Å². The standard InChI is InChI=1S/C19H17BrF2O2/c1-2-24-17(23)19(14-8-10-15(20)11-9-14)12-18(19,16(21)22)13-6-4-3-5-7-13/h3-11,16H,2,12H2,1H3/t18-,19+/m0/s1. The summed E-state index contributed by atoms with van der Waals surface area (Å²) in [5.41, 5.74) is -1.86. The third kappa shape index (κ3) is 2.37. The van der Waals surface area contributed by atoms with Crippen LogP contribution in [0.4, 0.5) is 8.78 Å². The van der Waals surface area contributed by atoms with Crippen LogP contribution >= 0.6 is 15.9 Å². The summed E-state index contributed by atoms with van der Waals surface area (Å²) in [4.78, 5) is 12.7. The van der Waals surface area contributed by atoms with Crippen molar-refractivity contribution in [2.45, 2.75) is 30.6 Å². The first-order chi connectivity index (χ1) is 11.5. The van der Waals surface area contributed by atoms with Crippen molar-refractivity contribution in [3.05, 3.63) is 70.2 Å². The Hall–Kier alpha value is -1.75. The van der Waals surface area contributed by atoms with Gasteiger partial charge in [-0.05, 0) is 36.6 Å². The van der Waals surface area contributed by atoms with Crippen molar-refractivity contribution in [2.24, 2.45) is 0 Å². The average molecular weight is 395 g/mol. The predicted molar refractivity (Wildman–Crippen MR) is 91.2 cm³/mol. The molecule has 1 aliphatic rings. The van der Waals surface area contributed by atoms with Crippen molar-refractivity contribution in [3.63, 3.8) is 0 Å². The van der Waals surface area contributed by atoms with Gasteiger partial charge >= 0.3 is 5.97 Å². The molecule has 0 N–H and O–H groups in total. The van der Waals surface area contributed by atoms with Crippen LogP contribution in [-0.4, -0.2) is 19.0 Å². The molecule has 0 heterocycles.